The van der Waals surface area contributed by atoms with Crippen LogP contribution in [0.3, 0.4) is 0 Å². The summed E-state index contributed by atoms with van der Waals surface area (Å²) in [4.78, 5) is 16.0. The molecule has 0 aliphatic rings. The van der Waals surface area contributed by atoms with Gasteiger partial charge in [0.15, 0.2) is 0 Å². The number of rotatable bonds is 3. The third kappa shape index (κ3) is 3.76. The van der Waals surface area contributed by atoms with Crippen LogP contribution in [0, 0.1) is 0 Å². The summed E-state index contributed by atoms with van der Waals surface area (Å²) < 4.78 is 0. The molecule has 0 atom stereocenters. The molecule has 0 aliphatic carbocycles. The van der Waals surface area contributed by atoms with E-state index in [1.54, 1.807) is 12.4 Å². The molecule has 0 aliphatic heterocycles. The first kappa shape index (κ1) is 13.5. The van der Waals surface area contributed by atoms with Gasteiger partial charge in [0, 0.05) is 23.3 Å². The number of pyridine rings is 1. The SMILES string of the molecule is CC(C)(C)NCC(=O)Nc1cccc2ccncc12. The zero-order valence-corrected chi connectivity index (χ0v) is 11.5. The molecule has 0 fully saturated rings. The van der Waals surface area contributed by atoms with Gasteiger partial charge in [-0.15, -0.1) is 0 Å². The Morgan fingerprint density at radius 2 is 2.05 bits per heavy atom. The largest absolute Gasteiger partial charge is 0.324 e. The van der Waals surface area contributed by atoms with Crippen LogP contribution in [0.1, 0.15) is 20.8 Å². The van der Waals surface area contributed by atoms with Crippen LogP contribution in [0.15, 0.2) is 36.7 Å². The van der Waals surface area contributed by atoms with Crippen molar-refractivity contribution in [2.45, 2.75) is 26.3 Å². The summed E-state index contributed by atoms with van der Waals surface area (Å²) in [6.07, 6.45) is 3.51. The van der Waals surface area contributed by atoms with Crippen LogP contribution < -0.4 is 10.6 Å². The van der Waals surface area contributed by atoms with Gasteiger partial charge in [0.05, 0.1) is 12.2 Å². The first-order valence-electron chi connectivity index (χ1n) is 6.33. The van der Waals surface area contributed by atoms with Crippen LogP contribution in [0.4, 0.5) is 5.69 Å². The number of hydrogen-bond acceptors (Lipinski definition) is 3. The van der Waals surface area contributed by atoms with Gasteiger partial charge in [0.2, 0.25) is 5.91 Å². The topological polar surface area (TPSA) is 54.0 Å². The summed E-state index contributed by atoms with van der Waals surface area (Å²) in [6, 6.07) is 7.74. The van der Waals surface area contributed by atoms with Gasteiger partial charge in [-0.3, -0.25) is 9.78 Å². The molecular formula is C15H19N3O. The summed E-state index contributed by atoms with van der Waals surface area (Å²) in [6.45, 7) is 6.38. The average Bonchev–Trinajstić information content (AvgIpc) is 2.36. The lowest BCUT2D eigenvalue weighted by Gasteiger charge is -2.20. The van der Waals surface area contributed by atoms with E-state index in [-0.39, 0.29) is 11.4 Å². The Kier molecular flexibility index (Phi) is 3.81. The highest BCUT2D eigenvalue weighted by Gasteiger charge is 2.12. The summed E-state index contributed by atoms with van der Waals surface area (Å²) >= 11 is 0. The number of nitrogens with one attached hydrogen (secondary N) is 2. The summed E-state index contributed by atoms with van der Waals surface area (Å²) in [5.41, 5.74) is 0.726. The van der Waals surface area contributed by atoms with Crippen molar-refractivity contribution in [1.82, 2.24) is 10.3 Å². The highest BCUT2D eigenvalue weighted by atomic mass is 16.1. The molecule has 0 unspecified atom stereocenters. The smallest absolute Gasteiger partial charge is 0.238 e. The molecule has 0 spiro atoms. The zero-order chi connectivity index (χ0) is 13.9. The lowest BCUT2D eigenvalue weighted by atomic mass is 10.1. The minimum atomic E-state index is -0.0718. The van der Waals surface area contributed by atoms with Gasteiger partial charge in [-0.05, 0) is 38.3 Å². The van der Waals surface area contributed by atoms with Crippen LogP contribution >= 0.6 is 0 Å². The second kappa shape index (κ2) is 5.36. The maximum atomic E-state index is 11.9. The number of hydrogen-bond donors (Lipinski definition) is 2. The number of benzene rings is 1. The van der Waals surface area contributed by atoms with Crippen molar-refractivity contribution in [3.8, 4) is 0 Å². The average molecular weight is 257 g/mol. The van der Waals surface area contributed by atoms with E-state index in [0.29, 0.717) is 6.54 Å². The Morgan fingerprint density at radius 3 is 2.79 bits per heavy atom. The number of carbonyl (C=O) groups excluding carboxylic acids is 1. The summed E-state index contributed by atoms with van der Waals surface area (Å²) in [5, 5.41) is 8.10. The predicted molar refractivity (Wildman–Crippen MR) is 78.1 cm³/mol. The van der Waals surface area contributed by atoms with Gasteiger partial charge in [-0.1, -0.05) is 12.1 Å². The van der Waals surface area contributed by atoms with E-state index >= 15 is 0 Å². The Morgan fingerprint density at radius 1 is 1.26 bits per heavy atom. The van der Waals surface area contributed by atoms with Crippen LogP contribution in [0.2, 0.25) is 0 Å². The van der Waals surface area contributed by atoms with E-state index < -0.39 is 0 Å². The number of amides is 1. The third-order valence-corrected chi connectivity index (χ3v) is 2.74. The first-order valence-corrected chi connectivity index (χ1v) is 6.33. The molecule has 19 heavy (non-hydrogen) atoms. The lowest BCUT2D eigenvalue weighted by Crippen LogP contribution is -2.41. The fraction of sp³-hybridized carbons (Fsp3) is 0.333. The molecule has 0 saturated heterocycles. The van der Waals surface area contributed by atoms with E-state index in [1.165, 1.54) is 0 Å². The molecule has 2 rings (SSSR count). The minimum absolute atomic E-state index is 0.0497. The van der Waals surface area contributed by atoms with Crippen LogP contribution in [-0.4, -0.2) is 23.0 Å². The van der Waals surface area contributed by atoms with Gasteiger partial charge in [-0.25, -0.2) is 0 Å². The van der Waals surface area contributed by atoms with E-state index in [9.17, 15) is 4.79 Å². The molecule has 1 aromatic heterocycles. The maximum Gasteiger partial charge on any atom is 0.238 e. The number of aromatic nitrogens is 1. The lowest BCUT2D eigenvalue weighted by molar-refractivity contribution is -0.115. The molecular weight excluding hydrogens is 238 g/mol. The monoisotopic (exact) mass is 257 g/mol. The molecule has 1 aromatic carbocycles. The zero-order valence-electron chi connectivity index (χ0n) is 11.5. The van der Waals surface area contributed by atoms with Gasteiger partial charge < -0.3 is 10.6 Å². The van der Waals surface area contributed by atoms with Gasteiger partial charge in [0.1, 0.15) is 0 Å². The molecule has 2 aromatic rings. The maximum absolute atomic E-state index is 11.9. The molecule has 100 valence electrons. The fourth-order valence-corrected chi connectivity index (χ4v) is 1.76. The molecule has 0 saturated carbocycles. The third-order valence-electron chi connectivity index (χ3n) is 2.74. The van der Waals surface area contributed by atoms with Gasteiger partial charge >= 0.3 is 0 Å². The highest BCUT2D eigenvalue weighted by molar-refractivity contribution is 6.02. The normalized spacial score (nSPS) is 11.5. The van der Waals surface area contributed by atoms with Crippen molar-refractivity contribution in [2.75, 3.05) is 11.9 Å². The Labute approximate surface area is 113 Å². The van der Waals surface area contributed by atoms with Crippen LogP contribution in [0.5, 0.6) is 0 Å². The second-order valence-corrected chi connectivity index (χ2v) is 5.55. The minimum Gasteiger partial charge on any atom is -0.324 e. The van der Waals surface area contributed by atoms with Crippen molar-refractivity contribution < 1.29 is 4.79 Å². The second-order valence-electron chi connectivity index (χ2n) is 5.55. The van der Waals surface area contributed by atoms with E-state index in [4.69, 9.17) is 0 Å². The van der Waals surface area contributed by atoms with Gasteiger partial charge in [0.25, 0.3) is 0 Å². The number of carbonyl (C=O) groups is 1. The standard InChI is InChI=1S/C15H19N3O/c1-15(2,3)17-10-14(19)18-13-6-4-5-11-7-8-16-9-12(11)13/h4-9,17H,10H2,1-3H3,(H,18,19). The van der Waals surface area contributed by atoms with Crippen LogP contribution in [-0.2, 0) is 4.79 Å². The van der Waals surface area contributed by atoms with E-state index in [1.807, 2.05) is 45.0 Å². The molecule has 1 amide bonds. The first-order chi connectivity index (χ1) is 8.96. The molecule has 2 N–H and O–H groups in total. The number of nitrogens with zero attached hydrogens (tertiary/aromatic N) is 1. The molecule has 0 bridgehead atoms. The van der Waals surface area contributed by atoms with Crippen molar-refractivity contribution in [1.29, 1.82) is 0 Å². The summed E-state index contributed by atoms with van der Waals surface area (Å²) in [7, 11) is 0. The van der Waals surface area contributed by atoms with E-state index in [2.05, 4.69) is 15.6 Å². The van der Waals surface area contributed by atoms with Crippen molar-refractivity contribution in [3.63, 3.8) is 0 Å². The molecule has 1 heterocycles. The summed E-state index contributed by atoms with van der Waals surface area (Å²) in [5.74, 6) is -0.0497. The van der Waals surface area contributed by atoms with E-state index in [0.717, 1.165) is 16.5 Å². The Bertz CT molecular complexity index is 582. The van der Waals surface area contributed by atoms with Crippen molar-refractivity contribution in [3.05, 3.63) is 36.7 Å². The van der Waals surface area contributed by atoms with Crippen molar-refractivity contribution >= 4 is 22.4 Å². The quantitative estimate of drug-likeness (QED) is 0.888. The number of anilines is 1. The Hall–Kier alpha value is -1.94. The van der Waals surface area contributed by atoms with Crippen molar-refractivity contribution in [2.24, 2.45) is 0 Å². The molecule has 4 nitrogen and oxygen atoms in total. The Balaban J connectivity index is 2.11. The van der Waals surface area contributed by atoms with Crippen LogP contribution in [0.25, 0.3) is 10.8 Å². The molecule has 0 radical (unpaired) electrons. The fourth-order valence-electron chi connectivity index (χ4n) is 1.76. The molecule has 4 heteroatoms. The predicted octanol–water partition coefficient (Wildman–Crippen LogP) is 2.56. The highest BCUT2D eigenvalue weighted by Crippen LogP contribution is 2.21. The number of fused-ring (bicyclic) bond motifs is 1. The van der Waals surface area contributed by atoms with Gasteiger partial charge in [-0.2, -0.15) is 0 Å².